The number of phenolic OH excluding ortho intramolecular Hbond substituents is 1. The average molecular weight is 290 g/mol. The van der Waals surface area contributed by atoms with Gasteiger partial charge in [-0.05, 0) is 50.8 Å². The second-order valence-electron chi connectivity index (χ2n) is 5.17. The molecule has 0 fully saturated rings. The zero-order valence-electron chi connectivity index (χ0n) is 12.6. The van der Waals surface area contributed by atoms with Gasteiger partial charge in [-0.3, -0.25) is 0 Å². The largest absolute Gasteiger partial charge is 1.00 e. The first-order valence-corrected chi connectivity index (χ1v) is 6.02. The molecule has 106 valence electrons. The van der Waals surface area contributed by atoms with Crippen LogP contribution in [0.2, 0.25) is 0 Å². The smallest absolute Gasteiger partial charge is 0.870 e. The number of aromatic hydroxyl groups is 1. The van der Waals surface area contributed by atoms with E-state index in [1.54, 1.807) is 6.92 Å². The third kappa shape index (κ3) is 2.81. The van der Waals surface area contributed by atoms with Gasteiger partial charge in [0.1, 0.15) is 11.5 Å². The zero-order chi connectivity index (χ0) is 13.7. The molecule has 1 unspecified atom stereocenters. The molecule has 0 radical (unpaired) electrons. The number of carbonyl (C=O) groups is 1. The number of carboxylic acids is 1. The van der Waals surface area contributed by atoms with Crippen LogP contribution in [0.25, 0.3) is 0 Å². The van der Waals surface area contributed by atoms with Crippen LogP contribution in [-0.2, 0) is 11.2 Å². The summed E-state index contributed by atoms with van der Waals surface area (Å²) >= 11 is 0. The molecule has 6 heteroatoms. The SMILES string of the molecule is Cc1c(C)c2c(c(C)c1O)CCC(C)(C(=O)O)O2.[Na+].[OH-]. The number of phenols is 1. The number of carboxylic acid groups (broad SMARTS) is 1. The number of fused-ring (bicyclic) bond motifs is 1. The molecule has 0 amide bonds. The number of rotatable bonds is 1. The quantitative estimate of drug-likeness (QED) is 0.668. The molecule has 0 spiro atoms. The molecule has 1 heterocycles. The molecule has 1 aliphatic rings. The monoisotopic (exact) mass is 290 g/mol. The fraction of sp³-hybridized carbons (Fsp3) is 0.500. The minimum atomic E-state index is -1.17. The van der Waals surface area contributed by atoms with E-state index in [0.29, 0.717) is 18.6 Å². The Morgan fingerprint density at radius 3 is 2.25 bits per heavy atom. The maximum absolute atomic E-state index is 11.3. The van der Waals surface area contributed by atoms with Gasteiger partial charge in [0.05, 0.1) is 0 Å². The second kappa shape index (κ2) is 6.35. The van der Waals surface area contributed by atoms with Gasteiger partial charge in [-0.25, -0.2) is 4.79 Å². The van der Waals surface area contributed by atoms with Crippen molar-refractivity contribution in [3.05, 3.63) is 22.3 Å². The first-order chi connectivity index (χ1) is 8.28. The second-order valence-corrected chi connectivity index (χ2v) is 5.17. The molecule has 20 heavy (non-hydrogen) atoms. The molecule has 0 bridgehead atoms. The topological polar surface area (TPSA) is 96.8 Å². The Morgan fingerprint density at radius 1 is 1.20 bits per heavy atom. The molecule has 1 aromatic rings. The van der Waals surface area contributed by atoms with Crippen LogP contribution in [0.4, 0.5) is 0 Å². The molecule has 1 aromatic carbocycles. The van der Waals surface area contributed by atoms with E-state index in [9.17, 15) is 15.0 Å². The summed E-state index contributed by atoms with van der Waals surface area (Å²) in [6.45, 7) is 7.09. The van der Waals surface area contributed by atoms with E-state index in [1.165, 1.54) is 0 Å². The summed E-state index contributed by atoms with van der Waals surface area (Å²) in [5.74, 6) is -0.0383. The summed E-state index contributed by atoms with van der Waals surface area (Å²) < 4.78 is 5.72. The Hall–Kier alpha value is -0.750. The zero-order valence-corrected chi connectivity index (χ0v) is 14.6. The molecule has 1 aliphatic heterocycles. The molecular formula is C14H19NaO5. The summed E-state index contributed by atoms with van der Waals surface area (Å²) in [6, 6.07) is 0. The van der Waals surface area contributed by atoms with Crippen molar-refractivity contribution in [1.82, 2.24) is 0 Å². The van der Waals surface area contributed by atoms with E-state index in [2.05, 4.69) is 0 Å². The summed E-state index contributed by atoms with van der Waals surface area (Å²) in [7, 11) is 0. The minimum Gasteiger partial charge on any atom is -0.870 e. The maximum Gasteiger partial charge on any atom is 1.00 e. The van der Waals surface area contributed by atoms with E-state index in [4.69, 9.17) is 4.74 Å². The summed E-state index contributed by atoms with van der Waals surface area (Å²) in [4.78, 5) is 11.3. The normalized spacial score (nSPS) is 20.0. The van der Waals surface area contributed by atoms with Gasteiger partial charge in [0.15, 0.2) is 0 Å². The van der Waals surface area contributed by atoms with Crippen LogP contribution in [0.5, 0.6) is 11.5 Å². The molecule has 0 saturated heterocycles. The van der Waals surface area contributed by atoms with Crippen LogP contribution in [0, 0.1) is 20.8 Å². The van der Waals surface area contributed by atoms with Gasteiger partial charge in [0.2, 0.25) is 5.60 Å². The van der Waals surface area contributed by atoms with Crippen molar-refractivity contribution in [1.29, 1.82) is 0 Å². The van der Waals surface area contributed by atoms with Crippen molar-refractivity contribution < 1.29 is 54.8 Å². The number of hydrogen-bond acceptors (Lipinski definition) is 4. The molecule has 3 N–H and O–H groups in total. The maximum atomic E-state index is 11.3. The average Bonchev–Trinajstić information content (AvgIpc) is 2.33. The molecule has 5 nitrogen and oxygen atoms in total. The van der Waals surface area contributed by atoms with Crippen molar-refractivity contribution in [3.8, 4) is 11.5 Å². The third-order valence-corrected chi connectivity index (χ3v) is 3.97. The van der Waals surface area contributed by atoms with Crippen molar-refractivity contribution in [2.45, 2.75) is 46.1 Å². The van der Waals surface area contributed by atoms with Crippen molar-refractivity contribution >= 4 is 5.97 Å². The van der Waals surface area contributed by atoms with Crippen LogP contribution in [0.15, 0.2) is 0 Å². The minimum absolute atomic E-state index is 0. The van der Waals surface area contributed by atoms with Crippen molar-refractivity contribution in [2.24, 2.45) is 0 Å². The standard InChI is InChI=1S/C14H18O4.Na.H2O/c1-7-8(2)12-10(9(3)11(7)15)5-6-14(4,18-12)13(16)17;;/h15H,5-6H2,1-4H3,(H,16,17);;1H2/q;+1;/p-1. The van der Waals surface area contributed by atoms with Gasteiger partial charge >= 0.3 is 35.5 Å². The number of ether oxygens (including phenoxy) is 1. The van der Waals surface area contributed by atoms with Crippen LogP contribution in [-0.4, -0.2) is 27.3 Å². The fourth-order valence-corrected chi connectivity index (χ4v) is 2.40. The number of hydrogen-bond donors (Lipinski definition) is 2. The molecule has 0 saturated carbocycles. The molecule has 0 aromatic heterocycles. The van der Waals surface area contributed by atoms with E-state index in [0.717, 1.165) is 22.3 Å². The van der Waals surface area contributed by atoms with Gasteiger partial charge in [0, 0.05) is 12.0 Å². The predicted octanol–water partition coefficient (Wildman–Crippen LogP) is -0.687. The fourth-order valence-electron chi connectivity index (χ4n) is 2.40. The Balaban J connectivity index is 0.00000180. The first-order valence-electron chi connectivity index (χ1n) is 6.02. The molecule has 1 atom stereocenters. The van der Waals surface area contributed by atoms with Gasteiger partial charge in [-0.15, -0.1) is 0 Å². The first kappa shape index (κ1) is 19.2. The van der Waals surface area contributed by atoms with Crippen LogP contribution < -0.4 is 34.3 Å². The van der Waals surface area contributed by atoms with Gasteiger partial charge < -0.3 is 20.4 Å². The molecule has 0 aliphatic carbocycles. The Morgan fingerprint density at radius 2 is 1.75 bits per heavy atom. The summed E-state index contributed by atoms with van der Waals surface area (Å²) in [5, 5.41) is 19.2. The van der Waals surface area contributed by atoms with Crippen LogP contribution >= 0.6 is 0 Å². The van der Waals surface area contributed by atoms with Crippen LogP contribution in [0.1, 0.15) is 35.6 Å². The van der Waals surface area contributed by atoms with E-state index >= 15 is 0 Å². The predicted molar refractivity (Wildman–Crippen MR) is 69.2 cm³/mol. The van der Waals surface area contributed by atoms with E-state index < -0.39 is 11.6 Å². The number of aliphatic carboxylic acids is 1. The Kier molecular flexibility index (Phi) is 6.11. The van der Waals surface area contributed by atoms with Gasteiger partial charge in [0.25, 0.3) is 0 Å². The number of benzene rings is 1. The molecular weight excluding hydrogens is 271 g/mol. The van der Waals surface area contributed by atoms with E-state index in [1.807, 2.05) is 20.8 Å². The van der Waals surface area contributed by atoms with Crippen molar-refractivity contribution in [2.75, 3.05) is 0 Å². The Labute approximate surface area is 140 Å². The Bertz CT molecular complexity index is 541. The molecule has 2 rings (SSSR count). The van der Waals surface area contributed by atoms with Crippen molar-refractivity contribution in [3.63, 3.8) is 0 Å². The third-order valence-electron chi connectivity index (χ3n) is 3.97. The summed E-state index contributed by atoms with van der Waals surface area (Å²) in [6.07, 6.45) is 1.02. The van der Waals surface area contributed by atoms with Gasteiger partial charge in [-0.1, -0.05) is 0 Å². The van der Waals surface area contributed by atoms with Crippen LogP contribution in [0.3, 0.4) is 0 Å². The summed E-state index contributed by atoms with van der Waals surface area (Å²) in [5.41, 5.74) is 2.11. The van der Waals surface area contributed by atoms with Gasteiger partial charge in [-0.2, -0.15) is 0 Å². The van der Waals surface area contributed by atoms with E-state index in [-0.39, 0.29) is 40.8 Å².